The summed E-state index contributed by atoms with van der Waals surface area (Å²) in [7, 11) is 0. The molecule has 0 saturated heterocycles. The van der Waals surface area contributed by atoms with E-state index in [4.69, 9.17) is 22.0 Å². The van der Waals surface area contributed by atoms with Crippen LogP contribution >= 0.6 is 11.6 Å². The Labute approximate surface area is 100 Å². The van der Waals surface area contributed by atoms with Gasteiger partial charge in [-0.3, -0.25) is 0 Å². The summed E-state index contributed by atoms with van der Waals surface area (Å²) in [5, 5.41) is 18.2. The number of halogens is 1. The van der Waals surface area contributed by atoms with Crippen LogP contribution in [-0.4, -0.2) is 24.8 Å². The summed E-state index contributed by atoms with van der Waals surface area (Å²) in [6.07, 6.45) is 1.74. The molecule has 0 atom stereocenters. The van der Waals surface area contributed by atoms with Gasteiger partial charge >= 0.3 is 0 Å². The number of benzene rings is 1. The molecule has 0 unspecified atom stereocenters. The van der Waals surface area contributed by atoms with E-state index in [-0.39, 0.29) is 6.61 Å². The second-order valence-electron chi connectivity index (χ2n) is 3.24. The van der Waals surface area contributed by atoms with Crippen molar-refractivity contribution >= 4 is 17.3 Å². The summed E-state index contributed by atoms with van der Waals surface area (Å²) in [5.41, 5.74) is 1.32. The lowest BCUT2D eigenvalue weighted by Crippen LogP contribution is -2.26. The topological polar surface area (TPSA) is 47.3 Å². The maximum Gasteiger partial charge on any atom is 0.0992 e. The zero-order valence-electron chi connectivity index (χ0n) is 8.86. The third-order valence-corrected chi connectivity index (χ3v) is 2.44. The van der Waals surface area contributed by atoms with E-state index in [0.29, 0.717) is 23.7 Å². The van der Waals surface area contributed by atoms with Crippen molar-refractivity contribution in [2.45, 2.75) is 0 Å². The number of nitriles is 1. The molecule has 0 aromatic heterocycles. The first-order valence-corrected chi connectivity index (χ1v) is 5.27. The molecule has 0 aliphatic carbocycles. The first-order valence-electron chi connectivity index (χ1n) is 4.89. The van der Waals surface area contributed by atoms with Gasteiger partial charge in [0.1, 0.15) is 0 Å². The van der Waals surface area contributed by atoms with Gasteiger partial charge in [0, 0.05) is 13.1 Å². The number of aliphatic hydroxyl groups is 1. The van der Waals surface area contributed by atoms with Crippen LogP contribution in [0.3, 0.4) is 0 Å². The number of rotatable bonds is 5. The van der Waals surface area contributed by atoms with Gasteiger partial charge in [0.25, 0.3) is 0 Å². The second-order valence-corrected chi connectivity index (χ2v) is 3.64. The number of hydrogen-bond acceptors (Lipinski definition) is 3. The molecule has 0 aliphatic rings. The Morgan fingerprint density at radius 2 is 2.31 bits per heavy atom. The molecular formula is C12H13ClN2O. The van der Waals surface area contributed by atoms with Crippen molar-refractivity contribution in [3.05, 3.63) is 41.4 Å². The molecule has 1 aromatic rings. The van der Waals surface area contributed by atoms with E-state index in [1.165, 1.54) is 0 Å². The van der Waals surface area contributed by atoms with Crippen molar-refractivity contribution in [3.63, 3.8) is 0 Å². The van der Waals surface area contributed by atoms with Gasteiger partial charge in [0.2, 0.25) is 0 Å². The Balaban J connectivity index is 3.00. The average Bonchev–Trinajstić information content (AvgIpc) is 2.29. The zero-order valence-corrected chi connectivity index (χ0v) is 9.61. The van der Waals surface area contributed by atoms with E-state index in [0.717, 1.165) is 5.69 Å². The Kier molecular flexibility index (Phi) is 4.84. The molecule has 0 radical (unpaired) electrons. The SMILES string of the molecule is C=CCN(CCO)c1ccc(C#N)cc1Cl. The van der Waals surface area contributed by atoms with E-state index >= 15 is 0 Å². The highest BCUT2D eigenvalue weighted by molar-refractivity contribution is 6.33. The number of nitrogens with zero attached hydrogens (tertiary/aromatic N) is 2. The zero-order chi connectivity index (χ0) is 12.0. The Morgan fingerprint density at radius 3 is 2.81 bits per heavy atom. The van der Waals surface area contributed by atoms with Crippen LogP contribution in [0.5, 0.6) is 0 Å². The van der Waals surface area contributed by atoms with Gasteiger partial charge in [-0.1, -0.05) is 17.7 Å². The molecule has 84 valence electrons. The van der Waals surface area contributed by atoms with Crippen LogP contribution in [-0.2, 0) is 0 Å². The number of anilines is 1. The Morgan fingerprint density at radius 1 is 1.56 bits per heavy atom. The Hall–Kier alpha value is -1.50. The molecule has 1 N–H and O–H groups in total. The molecule has 0 fully saturated rings. The molecule has 0 spiro atoms. The summed E-state index contributed by atoms with van der Waals surface area (Å²) in [6, 6.07) is 7.12. The average molecular weight is 237 g/mol. The van der Waals surface area contributed by atoms with Gasteiger partial charge in [-0.05, 0) is 18.2 Å². The quantitative estimate of drug-likeness (QED) is 0.798. The normalized spacial score (nSPS) is 9.56. The predicted molar refractivity (Wildman–Crippen MR) is 65.7 cm³/mol. The van der Waals surface area contributed by atoms with Crippen molar-refractivity contribution in [2.24, 2.45) is 0 Å². The van der Waals surface area contributed by atoms with E-state index in [1.54, 1.807) is 24.3 Å². The maximum atomic E-state index is 8.94. The standard InChI is InChI=1S/C12H13ClN2O/c1-2-5-15(6-7-16)12-4-3-10(9-14)8-11(12)13/h2-4,8,16H,1,5-7H2. The fourth-order valence-electron chi connectivity index (χ4n) is 1.42. The highest BCUT2D eigenvalue weighted by Gasteiger charge is 2.09. The van der Waals surface area contributed by atoms with E-state index in [1.807, 2.05) is 11.0 Å². The van der Waals surface area contributed by atoms with Gasteiger partial charge in [-0.2, -0.15) is 5.26 Å². The summed E-state index contributed by atoms with van der Waals surface area (Å²) in [4.78, 5) is 1.90. The van der Waals surface area contributed by atoms with Crippen molar-refractivity contribution in [1.29, 1.82) is 5.26 Å². The van der Waals surface area contributed by atoms with E-state index < -0.39 is 0 Å². The van der Waals surface area contributed by atoms with E-state index in [2.05, 4.69) is 6.58 Å². The molecule has 0 bridgehead atoms. The molecule has 3 nitrogen and oxygen atoms in total. The predicted octanol–water partition coefficient (Wildman–Crippen LogP) is 2.20. The summed E-state index contributed by atoms with van der Waals surface area (Å²) in [6.45, 7) is 4.79. The maximum absolute atomic E-state index is 8.94. The van der Waals surface area contributed by atoms with Gasteiger partial charge in [-0.25, -0.2) is 0 Å². The lowest BCUT2D eigenvalue weighted by Gasteiger charge is -2.23. The third-order valence-electron chi connectivity index (χ3n) is 2.14. The number of hydrogen-bond donors (Lipinski definition) is 1. The monoisotopic (exact) mass is 236 g/mol. The molecule has 0 amide bonds. The van der Waals surface area contributed by atoms with Crippen LogP contribution in [0, 0.1) is 11.3 Å². The Bertz CT molecular complexity index is 412. The minimum absolute atomic E-state index is 0.0458. The first kappa shape index (κ1) is 12.6. The molecule has 0 aliphatic heterocycles. The van der Waals surface area contributed by atoms with Crippen molar-refractivity contribution in [3.8, 4) is 6.07 Å². The summed E-state index contributed by atoms with van der Waals surface area (Å²) in [5.74, 6) is 0. The van der Waals surface area contributed by atoms with Crippen LogP contribution in [0.25, 0.3) is 0 Å². The fraction of sp³-hybridized carbons (Fsp3) is 0.250. The van der Waals surface area contributed by atoms with Crippen LogP contribution < -0.4 is 4.90 Å². The van der Waals surface area contributed by atoms with Crippen molar-refractivity contribution in [1.82, 2.24) is 0 Å². The molecule has 4 heteroatoms. The fourth-order valence-corrected chi connectivity index (χ4v) is 1.72. The highest BCUT2D eigenvalue weighted by atomic mass is 35.5. The van der Waals surface area contributed by atoms with Crippen LogP contribution in [0.2, 0.25) is 5.02 Å². The minimum Gasteiger partial charge on any atom is -0.395 e. The smallest absolute Gasteiger partial charge is 0.0992 e. The minimum atomic E-state index is 0.0458. The van der Waals surface area contributed by atoms with Crippen molar-refractivity contribution in [2.75, 3.05) is 24.6 Å². The van der Waals surface area contributed by atoms with Gasteiger partial charge < -0.3 is 10.0 Å². The highest BCUT2D eigenvalue weighted by Crippen LogP contribution is 2.26. The molecule has 1 rings (SSSR count). The second kappa shape index (κ2) is 6.16. The molecule has 0 heterocycles. The van der Waals surface area contributed by atoms with Crippen LogP contribution in [0.15, 0.2) is 30.9 Å². The lowest BCUT2D eigenvalue weighted by atomic mass is 10.2. The largest absolute Gasteiger partial charge is 0.395 e. The van der Waals surface area contributed by atoms with E-state index in [9.17, 15) is 0 Å². The van der Waals surface area contributed by atoms with Gasteiger partial charge in [-0.15, -0.1) is 6.58 Å². The summed E-state index contributed by atoms with van der Waals surface area (Å²) < 4.78 is 0. The van der Waals surface area contributed by atoms with Gasteiger partial charge in [0.05, 0.1) is 28.9 Å². The molecule has 16 heavy (non-hydrogen) atoms. The van der Waals surface area contributed by atoms with Crippen LogP contribution in [0.4, 0.5) is 5.69 Å². The first-order chi connectivity index (χ1) is 7.72. The van der Waals surface area contributed by atoms with Crippen molar-refractivity contribution < 1.29 is 5.11 Å². The lowest BCUT2D eigenvalue weighted by molar-refractivity contribution is 0.303. The van der Waals surface area contributed by atoms with Gasteiger partial charge in [0.15, 0.2) is 0 Å². The molecular weight excluding hydrogens is 224 g/mol. The number of aliphatic hydroxyl groups excluding tert-OH is 1. The summed E-state index contributed by atoms with van der Waals surface area (Å²) >= 11 is 6.07. The van der Waals surface area contributed by atoms with Crippen LogP contribution in [0.1, 0.15) is 5.56 Å². The third kappa shape index (κ3) is 2.99. The molecule has 1 aromatic carbocycles. The molecule has 0 saturated carbocycles.